The lowest BCUT2D eigenvalue weighted by Crippen LogP contribution is -1.81. The minimum atomic E-state index is 0.600. The van der Waals surface area contributed by atoms with Crippen LogP contribution >= 0.6 is 0 Å². The molecule has 18 heavy (non-hydrogen) atoms. The van der Waals surface area contributed by atoms with E-state index >= 15 is 0 Å². The van der Waals surface area contributed by atoms with Crippen LogP contribution in [0.25, 0.3) is 22.4 Å². The second-order valence-corrected chi connectivity index (χ2v) is 4.27. The monoisotopic (exact) mass is 233 g/mol. The van der Waals surface area contributed by atoms with Crippen molar-refractivity contribution in [2.24, 2.45) is 0 Å². The lowest BCUT2D eigenvalue weighted by atomic mass is 10.1. The van der Waals surface area contributed by atoms with Crippen molar-refractivity contribution < 1.29 is 0 Å². The van der Waals surface area contributed by atoms with Crippen LogP contribution in [0.4, 0.5) is 0 Å². The number of aromatic amines is 1. The second-order valence-electron chi connectivity index (χ2n) is 4.27. The number of nitrogens with one attached hydrogen (secondary N) is 1. The van der Waals surface area contributed by atoms with E-state index in [1.54, 1.807) is 6.07 Å². The Morgan fingerprint density at radius 3 is 2.78 bits per heavy atom. The molecule has 2 aromatic carbocycles. The SMILES string of the molecule is Cc1cccc(-c2nc3c(C#N)cccc3[nH]2)c1. The maximum absolute atomic E-state index is 9.06. The van der Waals surface area contributed by atoms with Gasteiger partial charge in [-0.25, -0.2) is 4.98 Å². The van der Waals surface area contributed by atoms with Gasteiger partial charge in [-0.05, 0) is 25.1 Å². The molecule has 3 aromatic rings. The number of para-hydroxylation sites is 1. The number of hydrogen-bond donors (Lipinski definition) is 1. The first-order valence-electron chi connectivity index (χ1n) is 5.74. The van der Waals surface area contributed by atoms with E-state index in [0.717, 1.165) is 22.4 Å². The Bertz CT molecular complexity index is 763. The first-order chi connectivity index (χ1) is 8.78. The molecule has 0 fully saturated rings. The summed E-state index contributed by atoms with van der Waals surface area (Å²) >= 11 is 0. The Balaban J connectivity index is 2.23. The average Bonchev–Trinajstić information content (AvgIpc) is 2.82. The van der Waals surface area contributed by atoms with Gasteiger partial charge in [0.1, 0.15) is 17.4 Å². The van der Waals surface area contributed by atoms with Gasteiger partial charge < -0.3 is 4.98 Å². The molecular formula is C15H11N3. The number of H-pyrrole nitrogens is 1. The van der Waals surface area contributed by atoms with E-state index in [-0.39, 0.29) is 0 Å². The van der Waals surface area contributed by atoms with E-state index in [1.165, 1.54) is 5.56 Å². The van der Waals surface area contributed by atoms with Crippen molar-refractivity contribution in [3.8, 4) is 17.5 Å². The van der Waals surface area contributed by atoms with Gasteiger partial charge in [-0.2, -0.15) is 5.26 Å². The summed E-state index contributed by atoms with van der Waals surface area (Å²) in [4.78, 5) is 7.77. The highest BCUT2D eigenvalue weighted by molar-refractivity contribution is 5.84. The summed E-state index contributed by atoms with van der Waals surface area (Å²) in [6.07, 6.45) is 0. The first kappa shape index (κ1) is 10.5. The zero-order valence-electron chi connectivity index (χ0n) is 9.94. The lowest BCUT2D eigenvalue weighted by Gasteiger charge is -1.97. The summed E-state index contributed by atoms with van der Waals surface area (Å²) in [5.74, 6) is 0.802. The number of benzene rings is 2. The van der Waals surface area contributed by atoms with Crippen molar-refractivity contribution >= 4 is 11.0 Å². The number of nitriles is 1. The van der Waals surface area contributed by atoms with Crippen LogP contribution < -0.4 is 0 Å². The molecule has 1 aromatic heterocycles. The fraction of sp³-hybridized carbons (Fsp3) is 0.0667. The summed E-state index contributed by atoms with van der Waals surface area (Å²) in [6, 6.07) is 15.9. The third-order valence-corrected chi connectivity index (χ3v) is 2.92. The molecule has 0 atom stereocenters. The van der Waals surface area contributed by atoms with Crippen molar-refractivity contribution in [2.45, 2.75) is 6.92 Å². The zero-order chi connectivity index (χ0) is 12.5. The summed E-state index contributed by atoms with van der Waals surface area (Å²) in [6.45, 7) is 2.05. The van der Waals surface area contributed by atoms with E-state index in [9.17, 15) is 0 Å². The Labute approximate surface area is 105 Å². The van der Waals surface area contributed by atoms with E-state index in [2.05, 4.69) is 22.1 Å². The third kappa shape index (κ3) is 1.64. The fourth-order valence-corrected chi connectivity index (χ4v) is 2.05. The highest BCUT2D eigenvalue weighted by Crippen LogP contribution is 2.22. The standard InChI is InChI=1S/C15H11N3/c1-10-4-2-5-11(8-10)15-17-13-7-3-6-12(9-16)14(13)18-15/h2-8H,1H3,(H,17,18). The zero-order valence-corrected chi connectivity index (χ0v) is 9.94. The topological polar surface area (TPSA) is 52.5 Å². The number of aryl methyl sites for hydroxylation is 1. The van der Waals surface area contributed by atoms with E-state index in [0.29, 0.717) is 5.56 Å². The maximum Gasteiger partial charge on any atom is 0.138 e. The van der Waals surface area contributed by atoms with Crippen molar-refractivity contribution in [3.63, 3.8) is 0 Å². The molecule has 1 heterocycles. The molecule has 3 heteroatoms. The van der Waals surface area contributed by atoms with Crippen LogP contribution in [0.2, 0.25) is 0 Å². The van der Waals surface area contributed by atoms with Crippen molar-refractivity contribution in [1.29, 1.82) is 5.26 Å². The smallest absolute Gasteiger partial charge is 0.138 e. The minimum absolute atomic E-state index is 0.600. The molecule has 0 radical (unpaired) electrons. The van der Waals surface area contributed by atoms with E-state index in [1.807, 2.05) is 37.3 Å². The Hall–Kier alpha value is -2.60. The molecule has 0 aliphatic rings. The highest BCUT2D eigenvalue weighted by atomic mass is 14.9. The summed E-state index contributed by atoms with van der Waals surface area (Å²) in [7, 11) is 0. The van der Waals surface area contributed by atoms with Crippen LogP contribution in [0, 0.1) is 18.3 Å². The number of nitrogens with zero attached hydrogens (tertiary/aromatic N) is 2. The predicted molar refractivity (Wildman–Crippen MR) is 71.0 cm³/mol. The molecule has 0 saturated carbocycles. The predicted octanol–water partition coefficient (Wildman–Crippen LogP) is 3.41. The van der Waals surface area contributed by atoms with Gasteiger partial charge in [-0.3, -0.25) is 0 Å². The van der Waals surface area contributed by atoms with Gasteiger partial charge in [-0.15, -0.1) is 0 Å². The average molecular weight is 233 g/mol. The van der Waals surface area contributed by atoms with Gasteiger partial charge in [0, 0.05) is 5.56 Å². The van der Waals surface area contributed by atoms with Crippen LogP contribution in [-0.4, -0.2) is 9.97 Å². The van der Waals surface area contributed by atoms with Crippen molar-refractivity contribution in [3.05, 3.63) is 53.6 Å². The quantitative estimate of drug-likeness (QED) is 0.700. The molecule has 0 aliphatic heterocycles. The van der Waals surface area contributed by atoms with Gasteiger partial charge >= 0.3 is 0 Å². The fourth-order valence-electron chi connectivity index (χ4n) is 2.05. The van der Waals surface area contributed by atoms with Crippen molar-refractivity contribution in [2.75, 3.05) is 0 Å². The van der Waals surface area contributed by atoms with Crippen LogP contribution in [0.1, 0.15) is 11.1 Å². The Kier molecular flexibility index (Phi) is 2.35. The summed E-state index contributed by atoms with van der Waals surface area (Å²) < 4.78 is 0. The van der Waals surface area contributed by atoms with Gasteiger partial charge in [-0.1, -0.05) is 29.8 Å². The van der Waals surface area contributed by atoms with Crippen LogP contribution in [-0.2, 0) is 0 Å². The van der Waals surface area contributed by atoms with Crippen LogP contribution in [0.5, 0.6) is 0 Å². The first-order valence-corrected chi connectivity index (χ1v) is 5.74. The normalized spacial score (nSPS) is 10.4. The van der Waals surface area contributed by atoms with Gasteiger partial charge in [0.15, 0.2) is 0 Å². The summed E-state index contributed by atoms with van der Waals surface area (Å²) in [5.41, 5.74) is 4.45. The molecule has 3 rings (SSSR count). The molecule has 0 bridgehead atoms. The molecule has 0 unspecified atom stereocenters. The molecule has 86 valence electrons. The number of aromatic nitrogens is 2. The molecular weight excluding hydrogens is 222 g/mol. The molecule has 3 nitrogen and oxygen atoms in total. The number of fused-ring (bicyclic) bond motifs is 1. The third-order valence-electron chi connectivity index (χ3n) is 2.92. The minimum Gasteiger partial charge on any atom is -0.338 e. The largest absolute Gasteiger partial charge is 0.338 e. The number of imidazole rings is 1. The Morgan fingerprint density at radius 1 is 1.17 bits per heavy atom. The summed E-state index contributed by atoms with van der Waals surface area (Å²) in [5, 5.41) is 9.06. The van der Waals surface area contributed by atoms with Crippen molar-refractivity contribution in [1.82, 2.24) is 9.97 Å². The van der Waals surface area contributed by atoms with Crippen LogP contribution in [0.3, 0.4) is 0 Å². The van der Waals surface area contributed by atoms with Gasteiger partial charge in [0.05, 0.1) is 11.1 Å². The molecule has 0 saturated heterocycles. The molecule has 0 aliphatic carbocycles. The van der Waals surface area contributed by atoms with E-state index in [4.69, 9.17) is 5.26 Å². The molecule has 0 spiro atoms. The molecule has 1 N–H and O–H groups in total. The second kappa shape index (κ2) is 4.01. The number of hydrogen-bond acceptors (Lipinski definition) is 2. The Morgan fingerprint density at radius 2 is 2.00 bits per heavy atom. The lowest BCUT2D eigenvalue weighted by molar-refractivity contribution is 1.32. The molecule has 0 amide bonds. The van der Waals surface area contributed by atoms with Gasteiger partial charge in [0.2, 0.25) is 0 Å². The maximum atomic E-state index is 9.06. The van der Waals surface area contributed by atoms with Gasteiger partial charge in [0.25, 0.3) is 0 Å². The van der Waals surface area contributed by atoms with E-state index < -0.39 is 0 Å². The highest BCUT2D eigenvalue weighted by Gasteiger charge is 2.08. The van der Waals surface area contributed by atoms with Crippen LogP contribution in [0.15, 0.2) is 42.5 Å². The number of rotatable bonds is 1.